The molecule has 0 radical (unpaired) electrons. The zero-order valence-electron chi connectivity index (χ0n) is 8.23. The molecule has 2 saturated heterocycles. The van der Waals surface area contributed by atoms with Crippen LogP contribution < -0.4 is 10.6 Å². The van der Waals surface area contributed by atoms with Crippen LogP contribution in [-0.4, -0.2) is 25.5 Å². The van der Waals surface area contributed by atoms with E-state index >= 15 is 0 Å². The third kappa shape index (κ3) is 1.57. The van der Waals surface area contributed by atoms with Gasteiger partial charge in [-0.2, -0.15) is 0 Å². The number of amides is 1. The van der Waals surface area contributed by atoms with Crippen LogP contribution in [0.5, 0.6) is 0 Å². The first-order chi connectivity index (χ1) is 6.23. The third-order valence-electron chi connectivity index (χ3n) is 3.76. The smallest absolute Gasteiger partial charge is 0.220 e. The molecule has 0 aromatic rings. The molecule has 3 nitrogen and oxygen atoms in total. The van der Waals surface area contributed by atoms with Crippen molar-refractivity contribution in [3.8, 4) is 0 Å². The van der Waals surface area contributed by atoms with Crippen LogP contribution in [0.1, 0.15) is 26.2 Å². The van der Waals surface area contributed by atoms with E-state index in [4.69, 9.17) is 0 Å². The van der Waals surface area contributed by atoms with Crippen LogP contribution in [0.15, 0.2) is 0 Å². The molecule has 74 valence electrons. The first kappa shape index (κ1) is 9.00. The van der Waals surface area contributed by atoms with Crippen molar-refractivity contribution in [3.05, 3.63) is 0 Å². The molecular formula is C10H18N2O. The van der Waals surface area contributed by atoms with Gasteiger partial charge < -0.3 is 10.6 Å². The minimum absolute atomic E-state index is 0.250. The van der Waals surface area contributed by atoms with Gasteiger partial charge in [-0.15, -0.1) is 0 Å². The van der Waals surface area contributed by atoms with Crippen molar-refractivity contribution in [2.75, 3.05) is 19.6 Å². The van der Waals surface area contributed by atoms with Crippen molar-refractivity contribution in [2.24, 2.45) is 11.3 Å². The van der Waals surface area contributed by atoms with Crippen molar-refractivity contribution in [3.63, 3.8) is 0 Å². The van der Waals surface area contributed by atoms with Crippen molar-refractivity contribution in [1.29, 1.82) is 0 Å². The van der Waals surface area contributed by atoms with Crippen molar-refractivity contribution >= 4 is 5.91 Å². The van der Waals surface area contributed by atoms with Gasteiger partial charge in [0.05, 0.1) is 0 Å². The summed E-state index contributed by atoms with van der Waals surface area (Å²) in [6.07, 6.45) is 3.08. The first-order valence-corrected chi connectivity index (χ1v) is 5.20. The number of rotatable bonds is 0. The fourth-order valence-electron chi connectivity index (χ4n) is 2.63. The number of piperidine rings is 2. The van der Waals surface area contributed by atoms with Gasteiger partial charge in [0.1, 0.15) is 0 Å². The maximum atomic E-state index is 11.4. The van der Waals surface area contributed by atoms with E-state index in [0.717, 1.165) is 26.1 Å². The Morgan fingerprint density at radius 1 is 1.38 bits per heavy atom. The molecule has 3 heteroatoms. The van der Waals surface area contributed by atoms with Crippen molar-refractivity contribution in [1.82, 2.24) is 10.6 Å². The molecule has 1 amide bonds. The minimum atomic E-state index is 0.250. The molecule has 0 aliphatic carbocycles. The average Bonchev–Trinajstić information content (AvgIpc) is 2.14. The lowest BCUT2D eigenvalue weighted by atomic mass is 9.66. The van der Waals surface area contributed by atoms with E-state index in [9.17, 15) is 4.79 Å². The monoisotopic (exact) mass is 182 g/mol. The Bertz CT molecular complexity index is 209. The lowest BCUT2D eigenvalue weighted by Gasteiger charge is -2.45. The van der Waals surface area contributed by atoms with Crippen LogP contribution >= 0.6 is 0 Å². The number of hydrogen-bond acceptors (Lipinski definition) is 2. The molecule has 1 spiro atoms. The van der Waals surface area contributed by atoms with Crippen molar-refractivity contribution in [2.45, 2.75) is 26.2 Å². The van der Waals surface area contributed by atoms with Gasteiger partial charge in [0.25, 0.3) is 0 Å². The molecular weight excluding hydrogens is 164 g/mol. The lowest BCUT2D eigenvalue weighted by molar-refractivity contribution is -0.128. The van der Waals surface area contributed by atoms with Crippen LogP contribution in [0.2, 0.25) is 0 Å². The molecule has 0 aromatic carbocycles. The Hall–Kier alpha value is -0.570. The Kier molecular flexibility index (Phi) is 2.28. The van der Waals surface area contributed by atoms with Gasteiger partial charge in [-0.3, -0.25) is 4.79 Å². The Morgan fingerprint density at radius 3 is 2.77 bits per heavy atom. The Balaban J connectivity index is 2.11. The summed E-state index contributed by atoms with van der Waals surface area (Å²) in [5.74, 6) is 0.896. The molecule has 2 heterocycles. The second kappa shape index (κ2) is 3.29. The molecule has 2 rings (SSSR count). The predicted molar refractivity (Wildman–Crippen MR) is 51.3 cm³/mol. The van der Waals surface area contributed by atoms with Gasteiger partial charge in [-0.25, -0.2) is 0 Å². The third-order valence-corrected chi connectivity index (χ3v) is 3.76. The van der Waals surface area contributed by atoms with Gasteiger partial charge in [0.15, 0.2) is 0 Å². The zero-order chi connectivity index (χ0) is 9.31. The quantitative estimate of drug-likeness (QED) is 0.573. The summed E-state index contributed by atoms with van der Waals surface area (Å²) in [5.41, 5.74) is 0.313. The van der Waals surface area contributed by atoms with Crippen LogP contribution in [-0.2, 0) is 4.79 Å². The van der Waals surface area contributed by atoms with E-state index in [1.54, 1.807) is 0 Å². The number of hydrogen-bond donors (Lipinski definition) is 2. The van der Waals surface area contributed by atoms with E-state index in [-0.39, 0.29) is 5.91 Å². The summed E-state index contributed by atoms with van der Waals surface area (Å²) in [7, 11) is 0. The standard InChI is InChI=1S/C10H18N2O/c1-8-7-12-9(13)6-10(8)2-4-11-5-3-10/h8,11H,2-7H2,1H3,(H,12,13). The second-order valence-electron chi connectivity index (χ2n) is 4.49. The van der Waals surface area contributed by atoms with Gasteiger partial charge in [-0.05, 0) is 37.3 Å². The van der Waals surface area contributed by atoms with Crippen molar-refractivity contribution < 1.29 is 4.79 Å². The lowest BCUT2D eigenvalue weighted by Crippen LogP contribution is -2.51. The van der Waals surface area contributed by atoms with E-state index in [1.807, 2.05) is 0 Å². The molecule has 2 N–H and O–H groups in total. The Morgan fingerprint density at radius 2 is 2.08 bits per heavy atom. The maximum Gasteiger partial charge on any atom is 0.220 e. The minimum Gasteiger partial charge on any atom is -0.356 e. The maximum absolute atomic E-state index is 11.4. The van der Waals surface area contributed by atoms with E-state index in [0.29, 0.717) is 11.3 Å². The normalized spacial score (nSPS) is 33.0. The van der Waals surface area contributed by atoms with Crippen LogP contribution in [0.3, 0.4) is 0 Å². The molecule has 2 fully saturated rings. The molecule has 2 aliphatic rings. The number of carbonyl (C=O) groups excluding carboxylic acids is 1. The predicted octanol–water partition coefficient (Wildman–Crippen LogP) is 0.512. The van der Waals surface area contributed by atoms with Crippen LogP contribution in [0.4, 0.5) is 0 Å². The fourth-order valence-corrected chi connectivity index (χ4v) is 2.63. The highest BCUT2D eigenvalue weighted by Crippen LogP contribution is 2.41. The highest BCUT2D eigenvalue weighted by molar-refractivity contribution is 5.77. The largest absolute Gasteiger partial charge is 0.356 e. The first-order valence-electron chi connectivity index (χ1n) is 5.20. The molecule has 13 heavy (non-hydrogen) atoms. The molecule has 0 bridgehead atoms. The zero-order valence-corrected chi connectivity index (χ0v) is 8.23. The number of nitrogens with one attached hydrogen (secondary N) is 2. The van der Waals surface area contributed by atoms with Gasteiger partial charge in [0.2, 0.25) is 5.91 Å². The average molecular weight is 182 g/mol. The van der Waals surface area contributed by atoms with Gasteiger partial charge >= 0.3 is 0 Å². The SMILES string of the molecule is CC1CNC(=O)CC12CCNCC2. The summed E-state index contributed by atoms with van der Waals surface area (Å²) < 4.78 is 0. The molecule has 0 aromatic heterocycles. The summed E-state index contributed by atoms with van der Waals surface area (Å²) in [6.45, 7) is 5.30. The summed E-state index contributed by atoms with van der Waals surface area (Å²) in [4.78, 5) is 11.4. The molecule has 1 atom stereocenters. The van der Waals surface area contributed by atoms with E-state index < -0.39 is 0 Å². The molecule has 2 aliphatic heterocycles. The molecule has 1 unspecified atom stereocenters. The Labute approximate surface area is 79.3 Å². The summed E-state index contributed by atoms with van der Waals surface area (Å²) in [6, 6.07) is 0. The summed E-state index contributed by atoms with van der Waals surface area (Å²) in [5, 5.41) is 6.30. The molecule has 0 saturated carbocycles. The van der Waals surface area contributed by atoms with E-state index in [1.165, 1.54) is 12.8 Å². The van der Waals surface area contributed by atoms with Gasteiger partial charge in [0, 0.05) is 13.0 Å². The van der Waals surface area contributed by atoms with Gasteiger partial charge in [-0.1, -0.05) is 6.92 Å². The number of carbonyl (C=O) groups is 1. The highest BCUT2D eigenvalue weighted by Gasteiger charge is 2.41. The van der Waals surface area contributed by atoms with Crippen LogP contribution in [0, 0.1) is 11.3 Å². The van der Waals surface area contributed by atoms with E-state index in [2.05, 4.69) is 17.6 Å². The van der Waals surface area contributed by atoms with Crippen LogP contribution in [0.25, 0.3) is 0 Å². The topological polar surface area (TPSA) is 41.1 Å². The fraction of sp³-hybridized carbons (Fsp3) is 0.900. The highest BCUT2D eigenvalue weighted by atomic mass is 16.1. The summed E-state index contributed by atoms with van der Waals surface area (Å²) >= 11 is 0. The second-order valence-corrected chi connectivity index (χ2v) is 4.49.